The van der Waals surface area contributed by atoms with Crippen LogP contribution in [0, 0.1) is 6.92 Å². The number of hydrogen-bond donors (Lipinski definition) is 1. The minimum atomic E-state index is -3.95. The molecule has 0 aliphatic rings. The van der Waals surface area contributed by atoms with Crippen LogP contribution in [0.2, 0.25) is 0 Å². The average molecular weight is 483 g/mol. The van der Waals surface area contributed by atoms with E-state index in [1.165, 1.54) is 17.5 Å². The molecule has 0 aliphatic heterocycles. The zero-order valence-corrected chi connectivity index (χ0v) is 20.6. The number of aryl methyl sites for hydroxylation is 1. The number of benzene rings is 3. The maximum absolute atomic E-state index is 13.5. The molecule has 0 aromatic heterocycles. The van der Waals surface area contributed by atoms with E-state index in [-0.39, 0.29) is 24.0 Å². The minimum absolute atomic E-state index is 0.0680. The second kappa shape index (κ2) is 11.2. The average Bonchev–Trinajstić information content (AvgIpc) is 2.84. The van der Waals surface area contributed by atoms with Crippen molar-refractivity contribution in [2.24, 2.45) is 0 Å². The summed E-state index contributed by atoms with van der Waals surface area (Å²) in [4.78, 5) is 13.0. The first-order valence-corrected chi connectivity index (χ1v) is 12.3. The van der Waals surface area contributed by atoms with Crippen LogP contribution in [0.4, 0.5) is 0 Å². The van der Waals surface area contributed by atoms with Crippen LogP contribution in [0.5, 0.6) is 11.5 Å². The number of hydrogen-bond acceptors (Lipinski definition) is 5. The van der Waals surface area contributed by atoms with Gasteiger partial charge >= 0.3 is 0 Å². The second-order valence-electron chi connectivity index (χ2n) is 7.95. The summed E-state index contributed by atoms with van der Waals surface area (Å²) < 4.78 is 38.7. The molecule has 3 rings (SSSR count). The van der Waals surface area contributed by atoms with Gasteiger partial charge in [0.25, 0.3) is 0 Å². The SMILES string of the molecule is COc1ccc(C(C)NC(=O)CN(Cc2ccccc2)S(=O)(=O)c2ccc(OC)c(C)c2)cc1. The Bertz CT molecular complexity index is 1210. The Balaban J connectivity index is 1.83. The standard InChI is InChI=1S/C26H30N2O5S/c1-19-16-24(14-15-25(19)33-4)34(30,31)28(17-21-8-6-5-7-9-21)18-26(29)27-20(2)22-10-12-23(32-3)13-11-22/h5-16,20H,17-18H2,1-4H3,(H,27,29). The molecule has 1 unspecified atom stereocenters. The van der Waals surface area contributed by atoms with Crippen LogP contribution in [0.25, 0.3) is 0 Å². The fraction of sp³-hybridized carbons (Fsp3) is 0.269. The molecule has 3 aromatic rings. The summed E-state index contributed by atoms with van der Waals surface area (Å²) in [6.45, 7) is 3.38. The number of rotatable bonds is 10. The summed E-state index contributed by atoms with van der Waals surface area (Å²) in [5.74, 6) is 0.921. The molecule has 1 N–H and O–H groups in total. The van der Waals surface area contributed by atoms with Crippen molar-refractivity contribution >= 4 is 15.9 Å². The van der Waals surface area contributed by atoms with E-state index in [1.807, 2.05) is 61.5 Å². The summed E-state index contributed by atoms with van der Waals surface area (Å²) >= 11 is 0. The highest BCUT2D eigenvalue weighted by Gasteiger charge is 2.28. The van der Waals surface area contributed by atoms with E-state index >= 15 is 0 Å². The van der Waals surface area contributed by atoms with E-state index < -0.39 is 15.9 Å². The van der Waals surface area contributed by atoms with Crippen LogP contribution >= 0.6 is 0 Å². The van der Waals surface area contributed by atoms with Crippen LogP contribution in [0.15, 0.2) is 77.7 Å². The number of nitrogens with one attached hydrogen (secondary N) is 1. The predicted octanol–water partition coefficient (Wildman–Crippen LogP) is 4.08. The second-order valence-corrected chi connectivity index (χ2v) is 9.89. The monoisotopic (exact) mass is 482 g/mol. The van der Waals surface area contributed by atoms with Gasteiger partial charge < -0.3 is 14.8 Å². The van der Waals surface area contributed by atoms with Crippen molar-refractivity contribution in [1.29, 1.82) is 0 Å². The van der Waals surface area contributed by atoms with Crippen molar-refractivity contribution in [3.05, 3.63) is 89.5 Å². The van der Waals surface area contributed by atoms with Crippen LogP contribution in [0.3, 0.4) is 0 Å². The Hall–Kier alpha value is -3.36. The summed E-state index contributed by atoms with van der Waals surface area (Å²) in [5.41, 5.74) is 2.37. The van der Waals surface area contributed by atoms with Crippen LogP contribution < -0.4 is 14.8 Å². The zero-order valence-electron chi connectivity index (χ0n) is 19.8. The highest BCUT2D eigenvalue weighted by molar-refractivity contribution is 7.89. The van der Waals surface area contributed by atoms with E-state index in [1.54, 1.807) is 26.2 Å². The molecule has 1 amide bonds. The predicted molar refractivity (Wildman–Crippen MR) is 131 cm³/mol. The van der Waals surface area contributed by atoms with E-state index in [9.17, 15) is 13.2 Å². The number of carbonyl (C=O) groups is 1. The lowest BCUT2D eigenvalue weighted by Crippen LogP contribution is -2.41. The lowest BCUT2D eigenvalue weighted by atomic mass is 10.1. The van der Waals surface area contributed by atoms with E-state index in [0.717, 1.165) is 16.9 Å². The van der Waals surface area contributed by atoms with E-state index in [4.69, 9.17) is 9.47 Å². The molecular formula is C26H30N2O5S. The Labute approximate surface area is 201 Å². The number of carbonyl (C=O) groups excluding carboxylic acids is 1. The third-order valence-corrected chi connectivity index (χ3v) is 7.31. The van der Waals surface area contributed by atoms with Gasteiger partial charge in [0.1, 0.15) is 11.5 Å². The summed E-state index contributed by atoms with van der Waals surface area (Å²) in [5, 5.41) is 2.90. The first kappa shape index (κ1) is 25.3. The number of sulfonamides is 1. The normalized spacial score (nSPS) is 12.3. The van der Waals surface area contributed by atoms with E-state index in [0.29, 0.717) is 11.3 Å². The van der Waals surface area contributed by atoms with Gasteiger partial charge in [-0.1, -0.05) is 42.5 Å². The molecule has 7 nitrogen and oxygen atoms in total. The molecular weight excluding hydrogens is 452 g/mol. The minimum Gasteiger partial charge on any atom is -0.497 e. The molecule has 0 radical (unpaired) electrons. The molecule has 0 aliphatic carbocycles. The van der Waals surface area contributed by atoms with Crippen LogP contribution in [0.1, 0.15) is 29.7 Å². The van der Waals surface area contributed by atoms with Crippen molar-refractivity contribution < 1.29 is 22.7 Å². The van der Waals surface area contributed by atoms with Crippen molar-refractivity contribution in [1.82, 2.24) is 9.62 Å². The molecule has 34 heavy (non-hydrogen) atoms. The van der Waals surface area contributed by atoms with Gasteiger partial charge in [-0.25, -0.2) is 8.42 Å². The molecule has 0 bridgehead atoms. The molecule has 0 fully saturated rings. The van der Waals surface area contributed by atoms with Gasteiger partial charge in [0.2, 0.25) is 15.9 Å². The lowest BCUT2D eigenvalue weighted by molar-refractivity contribution is -0.122. The first-order valence-electron chi connectivity index (χ1n) is 10.9. The number of ether oxygens (including phenoxy) is 2. The van der Waals surface area contributed by atoms with Crippen molar-refractivity contribution in [3.63, 3.8) is 0 Å². The Morgan fingerprint density at radius 2 is 1.65 bits per heavy atom. The van der Waals surface area contributed by atoms with Gasteiger partial charge in [0.15, 0.2) is 0 Å². The van der Waals surface area contributed by atoms with Crippen LogP contribution in [-0.4, -0.2) is 39.4 Å². The molecule has 1 atom stereocenters. The third-order valence-electron chi connectivity index (χ3n) is 5.52. The highest BCUT2D eigenvalue weighted by Crippen LogP contribution is 2.25. The Morgan fingerprint density at radius 3 is 2.24 bits per heavy atom. The van der Waals surface area contributed by atoms with Gasteiger partial charge in [0.05, 0.1) is 31.7 Å². The molecule has 0 saturated carbocycles. The summed E-state index contributed by atoms with van der Waals surface area (Å²) in [7, 11) is -0.827. The molecule has 8 heteroatoms. The first-order chi connectivity index (χ1) is 16.2. The molecule has 180 valence electrons. The topological polar surface area (TPSA) is 84.9 Å². The highest BCUT2D eigenvalue weighted by atomic mass is 32.2. The van der Waals surface area contributed by atoms with Crippen LogP contribution in [-0.2, 0) is 21.4 Å². The molecule has 0 saturated heterocycles. The molecule has 0 spiro atoms. The fourth-order valence-electron chi connectivity index (χ4n) is 3.60. The summed E-state index contributed by atoms with van der Waals surface area (Å²) in [6.07, 6.45) is 0. The van der Waals surface area contributed by atoms with E-state index in [2.05, 4.69) is 5.32 Å². The number of nitrogens with zero attached hydrogens (tertiary/aromatic N) is 1. The third kappa shape index (κ3) is 6.15. The fourth-order valence-corrected chi connectivity index (χ4v) is 5.07. The number of amides is 1. The summed E-state index contributed by atoms with van der Waals surface area (Å²) in [6, 6.07) is 20.9. The van der Waals surface area contributed by atoms with Crippen molar-refractivity contribution in [3.8, 4) is 11.5 Å². The maximum Gasteiger partial charge on any atom is 0.243 e. The Morgan fingerprint density at radius 1 is 0.971 bits per heavy atom. The van der Waals surface area contributed by atoms with Gasteiger partial charge in [-0.3, -0.25) is 4.79 Å². The van der Waals surface area contributed by atoms with Gasteiger partial charge in [0, 0.05) is 6.54 Å². The van der Waals surface area contributed by atoms with Gasteiger partial charge in [-0.2, -0.15) is 4.31 Å². The quantitative estimate of drug-likeness (QED) is 0.471. The largest absolute Gasteiger partial charge is 0.497 e. The van der Waals surface area contributed by atoms with Crippen molar-refractivity contribution in [2.45, 2.75) is 31.3 Å². The maximum atomic E-state index is 13.5. The molecule has 3 aromatic carbocycles. The van der Waals surface area contributed by atoms with Gasteiger partial charge in [-0.05, 0) is 60.9 Å². The smallest absolute Gasteiger partial charge is 0.243 e. The van der Waals surface area contributed by atoms with Crippen molar-refractivity contribution in [2.75, 3.05) is 20.8 Å². The van der Waals surface area contributed by atoms with Gasteiger partial charge in [-0.15, -0.1) is 0 Å². The zero-order chi connectivity index (χ0) is 24.7. The molecule has 0 heterocycles. The Kier molecular flexibility index (Phi) is 8.31. The lowest BCUT2D eigenvalue weighted by Gasteiger charge is -2.24. The number of methoxy groups -OCH3 is 2.